The molecule has 0 bridgehead atoms. The first-order valence-corrected chi connectivity index (χ1v) is 6.98. The Bertz CT molecular complexity index is 601. The van der Waals surface area contributed by atoms with Gasteiger partial charge in [-0.15, -0.1) is 5.10 Å². The molecule has 7 nitrogen and oxygen atoms in total. The van der Waals surface area contributed by atoms with E-state index >= 15 is 0 Å². The number of para-hydroxylation sites is 2. The molecule has 1 aromatic heterocycles. The molecule has 1 heterocycles. The van der Waals surface area contributed by atoms with Crippen molar-refractivity contribution in [2.75, 3.05) is 6.61 Å². The minimum absolute atomic E-state index is 0.414. The molecule has 1 amide bonds. The van der Waals surface area contributed by atoms with Gasteiger partial charge in [0.05, 0.1) is 11.9 Å². The van der Waals surface area contributed by atoms with Crippen LogP contribution in [-0.4, -0.2) is 38.0 Å². The second-order valence-electron chi connectivity index (χ2n) is 3.94. The molecule has 1 atom stereocenters. The summed E-state index contributed by atoms with van der Waals surface area (Å²) in [7, 11) is 0. The fraction of sp³-hybridized carbons (Fsp3) is 0.333. The first-order valence-electron chi connectivity index (χ1n) is 6.10. The second-order valence-corrected chi connectivity index (χ2v) is 5.24. The molecule has 0 radical (unpaired) electrons. The van der Waals surface area contributed by atoms with Gasteiger partial charge in [-0.25, -0.2) is 0 Å². The lowest BCUT2D eigenvalue weighted by Gasteiger charge is -2.11. The molecular formula is C12H15N5O2S. The van der Waals surface area contributed by atoms with Crippen molar-refractivity contribution in [1.29, 1.82) is 0 Å². The van der Waals surface area contributed by atoms with Crippen LogP contribution in [-0.2, 0) is 4.79 Å². The van der Waals surface area contributed by atoms with E-state index in [0.717, 1.165) is 5.69 Å². The number of thioether (sulfide) groups is 1. The summed E-state index contributed by atoms with van der Waals surface area (Å²) >= 11 is 1.20. The van der Waals surface area contributed by atoms with Crippen LogP contribution >= 0.6 is 11.8 Å². The first-order chi connectivity index (χ1) is 9.63. The summed E-state index contributed by atoms with van der Waals surface area (Å²) in [4.78, 5) is 11.1. The number of amides is 1. The largest absolute Gasteiger partial charge is 0.492 e. The standard InChI is InChI=1S/C12H15N5O2S/c1-3-19-10-7-5-4-6-9(10)17-12(14-15-16-17)20-8(2)11(13)18/h4-8H,3H2,1-2H3,(H2,13,18)/t8-/m0/s1. The smallest absolute Gasteiger partial charge is 0.230 e. The predicted octanol–water partition coefficient (Wildman–Crippen LogP) is 1.03. The highest BCUT2D eigenvalue weighted by molar-refractivity contribution is 8.00. The number of primary amides is 1. The summed E-state index contributed by atoms with van der Waals surface area (Å²) in [6.45, 7) is 4.15. The van der Waals surface area contributed by atoms with Gasteiger partial charge in [-0.05, 0) is 36.4 Å². The molecule has 0 saturated heterocycles. The number of ether oxygens (including phenoxy) is 1. The SMILES string of the molecule is CCOc1ccccc1-n1nnnc1S[C@@H](C)C(N)=O. The van der Waals surface area contributed by atoms with Crippen LogP contribution in [0.3, 0.4) is 0 Å². The summed E-state index contributed by atoms with van der Waals surface area (Å²) < 4.78 is 7.09. The van der Waals surface area contributed by atoms with Crippen LogP contribution in [0.5, 0.6) is 5.75 Å². The zero-order valence-corrected chi connectivity index (χ0v) is 12.0. The molecule has 2 N–H and O–H groups in total. The van der Waals surface area contributed by atoms with Gasteiger partial charge in [-0.1, -0.05) is 23.9 Å². The van der Waals surface area contributed by atoms with Crippen LogP contribution < -0.4 is 10.5 Å². The zero-order chi connectivity index (χ0) is 14.5. The number of nitrogens with zero attached hydrogens (tertiary/aromatic N) is 4. The third kappa shape index (κ3) is 3.08. The van der Waals surface area contributed by atoms with Crippen molar-refractivity contribution in [2.45, 2.75) is 24.3 Å². The average molecular weight is 293 g/mol. The molecule has 0 unspecified atom stereocenters. The summed E-state index contributed by atoms with van der Waals surface area (Å²) in [6.07, 6.45) is 0. The van der Waals surface area contributed by atoms with Crippen LogP contribution in [0.25, 0.3) is 5.69 Å². The van der Waals surface area contributed by atoms with Gasteiger partial charge in [0.25, 0.3) is 0 Å². The fourth-order valence-corrected chi connectivity index (χ4v) is 2.28. The van der Waals surface area contributed by atoms with E-state index < -0.39 is 11.2 Å². The number of nitrogens with two attached hydrogens (primary N) is 1. The van der Waals surface area contributed by atoms with Gasteiger partial charge in [0.15, 0.2) is 0 Å². The topological polar surface area (TPSA) is 95.9 Å². The van der Waals surface area contributed by atoms with Crippen LogP contribution in [0, 0.1) is 0 Å². The molecule has 1 aromatic carbocycles. The Morgan fingerprint density at radius 1 is 1.50 bits per heavy atom. The lowest BCUT2D eigenvalue weighted by molar-refractivity contribution is -0.117. The van der Waals surface area contributed by atoms with Crippen molar-refractivity contribution >= 4 is 17.7 Å². The molecule has 8 heteroatoms. The lowest BCUT2D eigenvalue weighted by Crippen LogP contribution is -2.23. The predicted molar refractivity (Wildman–Crippen MR) is 74.8 cm³/mol. The number of rotatable bonds is 6. The van der Waals surface area contributed by atoms with Crippen LogP contribution in [0.2, 0.25) is 0 Å². The Balaban J connectivity index is 2.34. The minimum Gasteiger partial charge on any atom is -0.492 e. The van der Waals surface area contributed by atoms with Gasteiger partial charge in [0.2, 0.25) is 11.1 Å². The molecule has 106 valence electrons. The zero-order valence-electron chi connectivity index (χ0n) is 11.2. The third-order valence-electron chi connectivity index (χ3n) is 2.52. The van der Waals surface area contributed by atoms with Gasteiger partial charge >= 0.3 is 0 Å². The highest BCUT2D eigenvalue weighted by Gasteiger charge is 2.18. The van der Waals surface area contributed by atoms with Crippen molar-refractivity contribution in [3.63, 3.8) is 0 Å². The highest BCUT2D eigenvalue weighted by atomic mass is 32.2. The summed E-state index contributed by atoms with van der Waals surface area (Å²) in [6, 6.07) is 7.43. The van der Waals surface area contributed by atoms with Crippen LogP contribution in [0.4, 0.5) is 0 Å². The number of tetrazole rings is 1. The van der Waals surface area contributed by atoms with Crippen molar-refractivity contribution in [1.82, 2.24) is 20.2 Å². The quantitative estimate of drug-likeness (QED) is 0.799. The third-order valence-corrected chi connectivity index (χ3v) is 3.57. The van der Waals surface area contributed by atoms with Gasteiger partial charge < -0.3 is 10.5 Å². The van der Waals surface area contributed by atoms with E-state index in [1.165, 1.54) is 16.4 Å². The number of aromatic nitrogens is 4. The molecule has 2 rings (SSSR count). The molecule has 0 fully saturated rings. The van der Waals surface area contributed by atoms with E-state index in [1.807, 2.05) is 31.2 Å². The molecule has 0 aliphatic carbocycles. The van der Waals surface area contributed by atoms with Crippen molar-refractivity contribution in [2.24, 2.45) is 5.73 Å². The Morgan fingerprint density at radius 2 is 2.25 bits per heavy atom. The van der Waals surface area contributed by atoms with Gasteiger partial charge in [0, 0.05) is 0 Å². The van der Waals surface area contributed by atoms with E-state index in [0.29, 0.717) is 17.5 Å². The molecule has 0 aliphatic heterocycles. The maximum absolute atomic E-state index is 11.1. The maximum atomic E-state index is 11.1. The summed E-state index contributed by atoms with van der Waals surface area (Å²) in [5.41, 5.74) is 5.98. The van der Waals surface area contributed by atoms with Gasteiger partial charge in [-0.3, -0.25) is 4.79 Å². The maximum Gasteiger partial charge on any atom is 0.230 e. The van der Waals surface area contributed by atoms with E-state index in [9.17, 15) is 4.79 Å². The van der Waals surface area contributed by atoms with Crippen molar-refractivity contribution in [3.8, 4) is 11.4 Å². The van der Waals surface area contributed by atoms with E-state index in [1.54, 1.807) is 6.92 Å². The Hall–Kier alpha value is -2.09. The number of benzene rings is 1. The van der Waals surface area contributed by atoms with E-state index in [2.05, 4.69) is 15.5 Å². The monoisotopic (exact) mass is 293 g/mol. The van der Waals surface area contributed by atoms with Crippen LogP contribution in [0.1, 0.15) is 13.8 Å². The molecular weight excluding hydrogens is 278 g/mol. The molecule has 0 aliphatic rings. The molecule has 0 saturated carbocycles. The normalized spacial score (nSPS) is 12.1. The average Bonchev–Trinajstić information content (AvgIpc) is 2.87. The number of carbonyl (C=O) groups is 1. The minimum atomic E-state index is -0.418. The number of hydrogen-bond acceptors (Lipinski definition) is 6. The Labute approximate surface area is 120 Å². The Morgan fingerprint density at radius 3 is 2.95 bits per heavy atom. The number of hydrogen-bond donors (Lipinski definition) is 1. The Kier molecular flexibility index (Phi) is 4.57. The number of carbonyl (C=O) groups excluding carboxylic acids is 1. The summed E-state index contributed by atoms with van der Waals surface area (Å²) in [5, 5.41) is 11.6. The highest BCUT2D eigenvalue weighted by Crippen LogP contribution is 2.27. The van der Waals surface area contributed by atoms with Crippen LogP contribution in [0.15, 0.2) is 29.4 Å². The lowest BCUT2D eigenvalue weighted by atomic mass is 10.3. The van der Waals surface area contributed by atoms with Gasteiger partial charge in [-0.2, -0.15) is 4.68 Å². The molecule has 2 aromatic rings. The van der Waals surface area contributed by atoms with Crippen molar-refractivity contribution in [3.05, 3.63) is 24.3 Å². The summed E-state index contributed by atoms with van der Waals surface area (Å²) in [5.74, 6) is 0.263. The van der Waals surface area contributed by atoms with E-state index in [-0.39, 0.29) is 0 Å². The first kappa shape index (κ1) is 14.3. The fourth-order valence-electron chi connectivity index (χ4n) is 1.53. The molecule has 0 spiro atoms. The molecule has 20 heavy (non-hydrogen) atoms. The second kappa shape index (κ2) is 6.38. The van der Waals surface area contributed by atoms with Crippen molar-refractivity contribution < 1.29 is 9.53 Å². The van der Waals surface area contributed by atoms with E-state index in [4.69, 9.17) is 10.5 Å². The van der Waals surface area contributed by atoms with Gasteiger partial charge in [0.1, 0.15) is 11.4 Å².